The molecule has 7 nitrogen and oxygen atoms in total. The van der Waals surface area contributed by atoms with Gasteiger partial charge in [-0.2, -0.15) is 0 Å². The molecule has 0 unspecified atom stereocenters. The number of imidazole rings is 1. The summed E-state index contributed by atoms with van der Waals surface area (Å²) in [4.78, 5) is 20.8. The van der Waals surface area contributed by atoms with Crippen molar-refractivity contribution in [3.05, 3.63) is 53.3 Å². The first-order valence-corrected chi connectivity index (χ1v) is 9.02. The van der Waals surface area contributed by atoms with Gasteiger partial charge in [-0.25, -0.2) is 18.4 Å². The molecule has 120 valence electrons. The molecule has 3 aromatic rings. The van der Waals surface area contributed by atoms with E-state index in [9.17, 15) is 13.2 Å². The smallest absolute Gasteiger partial charge is 0.281 e. The summed E-state index contributed by atoms with van der Waals surface area (Å²) in [6, 6.07) is 9.46. The van der Waals surface area contributed by atoms with E-state index < -0.39 is 9.84 Å². The van der Waals surface area contributed by atoms with Gasteiger partial charge in [-0.05, 0) is 12.1 Å². The van der Waals surface area contributed by atoms with Crippen molar-refractivity contribution in [1.82, 2.24) is 19.1 Å². The molecular weight excluding hydrogens is 316 g/mol. The molecule has 0 atom stereocenters. The van der Waals surface area contributed by atoms with Gasteiger partial charge in [0.1, 0.15) is 12.7 Å². The predicted molar refractivity (Wildman–Crippen MR) is 87.5 cm³/mol. The van der Waals surface area contributed by atoms with Gasteiger partial charge >= 0.3 is 0 Å². The topological polar surface area (TPSA) is 86.8 Å². The first-order chi connectivity index (χ1) is 11.0. The van der Waals surface area contributed by atoms with Crippen LogP contribution in [-0.4, -0.2) is 39.0 Å². The highest BCUT2D eigenvalue weighted by Crippen LogP contribution is 2.13. The fourth-order valence-electron chi connectivity index (χ4n) is 2.25. The van der Waals surface area contributed by atoms with E-state index in [1.54, 1.807) is 17.8 Å². The Morgan fingerprint density at radius 2 is 1.83 bits per heavy atom. The number of aryl methyl sites for hydroxylation is 1. The number of hydrogen-bond donors (Lipinski definition) is 0. The molecule has 0 saturated carbocycles. The summed E-state index contributed by atoms with van der Waals surface area (Å²) in [6.07, 6.45) is 2.92. The molecule has 0 aliphatic carbocycles. The van der Waals surface area contributed by atoms with E-state index in [1.165, 1.54) is 10.9 Å². The SMILES string of the molecule is CCS(=O)(=O)CCn1cnc2c(ncn2-c2ccccc2)c1=O. The van der Waals surface area contributed by atoms with E-state index in [2.05, 4.69) is 9.97 Å². The molecule has 3 rings (SSSR count). The minimum Gasteiger partial charge on any atom is -0.296 e. The Morgan fingerprint density at radius 3 is 2.52 bits per heavy atom. The Bertz CT molecular complexity index is 990. The van der Waals surface area contributed by atoms with Crippen molar-refractivity contribution in [2.75, 3.05) is 11.5 Å². The number of fused-ring (bicyclic) bond motifs is 1. The predicted octanol–water partition coefficient (Wildman–Crippen LogP) is 1.02. The lowest BCUT2D eigenvalue weighted by atomic mass is 10.3. The van der Waals surface area contributed by atoms with Crippen LogP contribution in [0.25, 0.3) is 16.9 Å². The Kier molecular flexibility index (Phi) is 3.99. The molecule has 0 bridgehead atoms. The number of hydrogen-bond acceptors (Lipinski definition) is 5. The van der Waals surface area contributed by atoms with Gasteiger partial charge in [0.15, 0.2) is 21.0 Å². The highest BCUT2D eigenvalue weighted by atomic mass is 32.2. The second-order valence-electron chi connectivity index (χ2n) is 5.10. The molecule has 0 N–H and O–H groups in total. The van der Waals surface area contributed by atoms with Crippen LogP contribution in [0.4, 0.5) is 0 Å². The summed E-state index contributed by atoms with van der Waals surface area (Å²) in [5, 5.41) is 0. The molecule has 8 heteroatoms. The molecule has 0 aliphatic rings. The number of benzene rings is 1. The Hall–Kier alpha value is -2.48. The average Bonchev–Trinajstić information content (AvgIpc) is 3.00. The zero-order chi connectivity index (χ0) is 16.4. The number of para-hydroxylation sites is 1. The van der Waals surface area contributed by atoms with E-state index in [4.69, 9.17) is 0 Å². The first kappa shape index (κ1) is 15.4. The molecular formula is C15H16N4O3S. The minimum absolute atomic E-state index is 0.0556. The van der Waals surface area contributed by atoms with Crippen LogP contribution < -0.4 is 5.56 Å². The van der Waals surface area contributed by atoms with Gasteiger partial charge in [0.2, 0.25) is 0 Å². The molecule has 0 aliphatic heterocycles. The molecule has 0 saturated heterocycles. The zero-order valence-electron chi connectivity index (χ0n) is 12.6. The first-order valence-electron chi connectivity index (χ1n) is 7.20. The third-order valence-electron chi connectivity index (χ3n) is 3.64. The molecule has 2 heterocycles. The van der Waals surface area contributed by atoms with Crippen molar-refractivity contribution >= 4 is 21.0 Å². The molecule has 0 radical (unpaired) electrons. The van der Waals surface area contributed by atoms with Crippen molar-refractivity contribution in [2.45, 2.75) is 13.5 Å². The van der Waals surface area contributed by atoms with Crippen molar-refractivity contribution in [3.63, 3.8) is 0 Å². The largest absolute Gasteiger partial charge is 0.296 e. The lowest BCUT2D eigenvalue weighted by Gasteiger charge is -2.06. The normalized spacial score (nSPS) is 11.9. The van der Waals surface area contributed by atoms with E-state index in [0.717, 1.165) is 5.69 Å². The van der Waals surface area contributed by atoms with Gasteiger partial charge in [-0.3, -0.25) is 13.9 Å². The molecule has 23 heavy (non-hydrogen) atoms. The average molecular weight is 332 g/mol. The highest BCUT2D eigenvalue weighted by molar-refractivity contribution is 7.91. The van der Waals surface area contributed by atoms with Crippen LogP contribution in [-0.2, 0) is 16.4 Å². The molecule has 1 aromatic carbocycles. The number of rotatable bonds is 5. The van der Waals surface area contributed by atoms with Gasteiger partial charge < -0.3 is 0 Å². The van der Waals surface area contributed by atoms with Gasteiger partial charge in [-0.15, -0.1) is 0 Å². The van der Waals surface area contributed by atoms with Crippen LogP contribution in [0, 0.1) is 0 Å². The van der Waals surface area contributed by atoms with E-state index in [-0.39, 0.29) is 29.1 Å². The molecule has 0 fully saturated rings. The van der Waals surface area contributed by atoms with Gasteiger partial charge in [0.05, 0.1) is 5.75 Å². The number of nitrogens with zero attached hydrogens (tertiary/aromatic N) is 4. The van der Waals surface area contributed by atoms with Crippen molar-refractivity contribution < 1.29 is 8.42 Å². The summed E-state index contributed by atoms with van der Waals surface area (Å²) < 4.78 is 26.2. The Morgan fingerprint density at radius 1 is 1.09 bits per heavy atom. The summed E-state index contributed by atoms with van der Waals surface area (Å²) in [7, 11) is -3.14. The van der Waals surface area contributed by atoms with Gasteiger partial charge in [-0.1, -0.05) is 25.1 Å². The maximum Gasteiger partial charge on any atom is 0.281 e. The van der Waals surface area contributed by atoms with E-state index >= 15 is 0 Å². The zero-order valence-corrected chi connectivity index (χ0v) is 13.4. The monoisotopic (exact) mass is 332 g/mol. The number of aromatic nitrogens is 4. The molecule has 2 aromatic heterocycles. The standard InChI is InChI=1S/C15H16N4O3S/c1-2-23(21,22)9-8-18-10-17-14-13(15(18)20)16-11-19(14)12-6-4-3-5-7-12/h3-7,10-11H,2,8-9H2,1H3. The summed E-state index contributed by atoms with van der Waals surface area (Å²) in [5.74, 6) is -0.0317. The van der Waals surface area contributed by atoms with Crippen LogP contribution in [0.5, 0.6) is 0 Å². The van der Waals surface area contributed by atoms with Crippen molar-refractivity contribution in [3.8, 4) is 5.69 Å². The summed E-state index contributed by atoms with van der Waals surface area (Å²) >= 11 is 0. The Labute approximate surface area is 133 Å². The van der Waals surface area contributed by atoms with E-state index in [0.29, 0.717) is 5.65 Å². The van der Waals surface area contributed by atoms with E-state index in [1.807, 2.05) is 30.3 Å². The fraction of sp³-hybridized carbons (Fsp3) is 0.267. The quantitative estimate of drug-likeness (QED) is 0.696. The molecule has 0 spiro atoms. The maximum absolute atomic E-state index is 12.4. The maximum atomic E-state index is 12.4. The third kappa shape index (κ3) is 3.02. The molecule has 0 amide bonds. The van der Waals surface area contributed by atoms with Crippen molar-refractivity contribution in [2.24, 2.45) is 0 Å². The second kappa shape index (κ2) is 5.96. The number of sulfone groups is 1. The van der Waals surface area contributed by atoms with Crippen LogP contribution in [0.15, 0.2) is 47.8 Å². The summed E-state index contributed by atoms with van der Waals surface area (Å²) in [6.45, 7) is 1.66. The third-order valence-corrected chi connectivity index (χ3v) is 5.33. The van der Waals surface area contributed by atoms with Crippen LogP contribution >= 0.6 is 0 Å². The van der Waals surface area contributed by atoms with Crippen LogP contribution in [0.3, 0.4) is 0 Å². The lowest BCUT2D eigenvalue weighted by molar-refractivity contribution is 0.588. The van der Waals surface area contributed by atoms with Crippen LogP contribution in [0.2, 0.25) is 0 Å². The van der Waals surface area contributed by atoms with Crippen molar-refractivity contribution in [1.29, 1.82) is 0 Å². The second-order valence-corrected chi connectivity index (χ2v) is 7.57. The van der Waals surface area contributed by atoms with Crippen LogP contribution in [0.1, 0.15) is 6.92 Å². The van der Waals surface area contributed by atoms with Gasteiger partial charge in [0, 0.05) is 18.0 Å². The minimum atomic E-state index is -3.14. The Balaban J connectivity index is 2.00. The fourth-order valence-corrected chi connectivity index (χ4v) is 3.01. The van der Waals surface area contributed by atoms with Gasteiger partial charge in [0.25, 0.3) is 5.56 Å². The summed E-state index contributed by atoms with van der Waals surface area (Å²) in [5.41, 5.74) is 1.20. The lowest BCUT2D eigenvalue weighted by Crippen LogP contribution is -2.25. The highest BCUT2D eigenvalue weighted by Gasteiger charge is 2.13.